The van der Waals surface area contributed by atoms with E-state index in [1.165, 1.54) is 22.5 Å². The fourth-order valence-electron chi connectivity index (χ4n) is 2.49. The van der Waals surface area contributed by atoms with Gasteiger partial charge in [-0.15, -0.1) is 0 Å². The highest BCUT2D eigenvalue weighted by atomic mass is 32.2. The number of sulfonamides is 1. The number of hydrogen-bond donors (Lipinski definition) is 2. The Balaban J connectivity index is 2.09. The minimum absolute atomic E-state index is 0.0279. The Hall–Kier alpha value is -2.50. The van der Waals surface area contributed by atoms with Crippen LogP contribution in [0.2, 0.25) is 0 Å². The predicted molar refractivity (Wildman–Crippen MR) is 98.3 cm³/mol. The number of urea groups is 1. The average Bonchev–Trinajstić information content (AvgIpc) is 2.67. The van der Waals surface area contributed by atoms with Crippen molar-refractivity contribution in [3.63, 3.8) is 0 Å². The summed E-state index contributed by atoms with van der Waals surface area (Å²) in [5, 5.41) is 4.37. The molecule has 1 aliphatic rings. The van der Waals surface area contributed by atoms with Crippen LogP contribution in [-0.4, -0.2) is 70.1 Å². The van der Waals surface area contributed by atoms with Crippen LogP contribution in [0.1, 0.15) is 22.8 Å². The van der Waals surface area contributed by atoms with Gasteiger partial charge in [0.15, 0.2) is 6.61 Å². The number of nitrogens with zero attached hydrogens (tertiary/aromatic N) is 1. The molecular formula is C17H23N3O7S. The van der Waals surface area contributed by atoms with Crippen molar-refractivity contribution in [1.29, 1.82) is 0 Å². The molecule has 2 N–H and O–H groups in total. The largest absolute Gasteiger partial charge is 0.452 e. The minimum Gasteiger partial charge on any atom is -0.452 e. The van der Waals surface area contributed by atoms with E-state index in [-0.39, 0.29) is 23.5 Å². The number of nitrogens with one attached hydrogen (secondary N) is 2. The van der Waals surface area contributed by atoms with Crippen molar-refractivity contribution >= 4 is 27.9 Å². The van der Waals surface area contributed by atoms with Gasteiger partial charge in [-0.25, -0.2) is 18.0 Å². The van der Waals surface area contributed by atoms with Crippen LogP contribution in [-0.2, 0) is 24.3 Å². The molecule has 0 bridgehead atoms. The van der Waals surface area contributed by atoms with Crippen LogP contribution in [0.5, 0.6) is 0 Å². The number of morpholine rings is 1. The van der Waals surface area contributed by atoms with Crippen LogP contribution < -0.4 is 10.6 Å². The predicted octanol–water partition coefficient (Wildman–Crippen LogP) is 0.0184. The molecule has 1 heterocycles. The zero-order chi connectivity index (χ0) is 20.7. The van der Waals surface area contributed by atoms with Gasteiger partial charge < -0.3 is 14.8 Å². The third-order valence-electron chi connectivity index (χ3n) is 3.96. The highest BCUT2D eigenvalue weighted by Gasteiger charge is 2.27. The summed E-state index contributed by atoms with van der Waals surface area (Å²) in [5.41, 5.74) is 0.523. The summed E-state index contributed by atoms with van der Waals surface area (Å²) in [6, 6.07) is 3.44. The molecule has 0 saturated carbocycles. The van der Waals surface area contributed by atoms with Crippen LogP contribution in [0.3, 0.4) is 0 Å². The molecule has 0 aromatic heterocycles. The lowest BCUT2D eigenvalue weighted by molar-refractivity contribution is -0.123. The Morgan fingerprint density at radius 1 is 1.21 bits per heavy atom. The van der Waals surface area contributed by atoms with Crippen molar-refractivity contribution < 1.29 is 32.3 Å². The van der Waals surface area contributed by atoms with E-state index in [2.05, 4.69) is 5.32 Å². The second kappa shape index (κ2) is 9.62. The average molecular weight is 413 g/mol. The molecule has 154 valence electrons. The molecule has 0 aliphatic carbocycles. The molecule has 1 aromatic rings. The maximum Gasteiger partial charge on any atom is 0.338 e. The number of amides is 3. The van der Waals surface area contributed by atoms with Gasteiger partial charge in [-0.2, -0.15) is 4.31 Å². The lowest BCUT2D eigenvalue weighted by atomic mass is 10.1. The van der Waals surface area contributed by atoms with Gasteiger partial charge in [0.2, 0.25) is 10.0 Å². The molecule has 28 heavy (non-hydrogen) atoms. The van der Waals surface area contributed by atoms with E-state index >= 15 is 0 Å². The van der Waals surface area contributed by atoms with Crippen molar-refractivity contribution in [2.75, 3.05) is 39.5 Å². The van der Waals surface area contributed by atoms with Gasteiger partial charge in [0.1, 0.15) is 0 Å². The topological polar surface area (TPSA) is 131 Å². The van der Waals surface area contributed by atoms with Gasteiger partial charge in [-0.3, -0.25) is 10.1 Å². The molecule has 3 amide bonds. The number of rotatable bonds is 6. The van der Waals surface area contributed by atoms with Crippen LogP contribution in [0, 0.1) is 6.92 Å². The Morgan fingerprint density at radius 2 is 1.89 bits per heavy atom. The number of esters is 1. The second-order valence-electron chi connectivity index (χ2n) is 5.98. The fraction of sp³-hybridized carbons (Fsp3) is 0.471. The van der Waals surface area contributed by atoms with E-state index in [1.54, 1.807) is 13.8 Å². The number of benzene rings is 1. The van der Waals surface area contributed by atoms with E-state index < -0.39 is 34.5 Å². The smallest absolute Gasteiger partial charge is 0.338 e. The van der Waals surface area contributed by atoms with Gasteiger partial charge in [0.25, 0.3) is 5.91 Å². The first-order valence-electron chi connectivity index (χ1n) is 8.69. The molecule has 2 rings (SSSR count). The van der Waals surface area contributed by atoms with Crippen LogP contribution in [0.15, 0.2) is 23.1 Å². The van der Waals surface area contributed by atoms with Crippen LogP contribution >= 0.6 is 0 Å². The van der Waals surface area contributed by atoms with Crippen LogP contribution in [0.25, 0.3) is 0 Å². The molecule has 1 aromatic carbocycles. The highest BCUT2D eigenvalue weighted by Crippen LogP contribution is 2.21. The zero-order valence-electron chi connectivity index (χ0n) is 15.7. The van der Waals surface area contributed by atoms with Gasteiger partial charge in [-0.1, -0.05) is 6.07 Å². The van der Waals surface area contributed by atoms with E-state index in [4.69, 9.17) is 9.47 Å². The lowest BCUT2D eigenvalue weighted by Crippen LogP contribution is -2.41. The SMILES string of the molecule is CCNC(=O)NC(=O)COC(=O)c1cc(S(=O)(=O)N2CCOCC2)ccc1C. The highest BCUT2D eigenvalue weighted by molar-refractivity contribution is 7.89. The molecule has 0 atom stereocenters. The number of carbonyl (C=O) groups excluding carboxylic acids is 3. The minimum atomic E-state index is -3.77. The van der Waals surface area contributed by atoms with Gasteiger partial charge in [0, 0.05) is 19.6 Å². The summed E-state index contributed by atoms with van der Waals surface area (Å²) in [4.78, 5) is 35.1. The molecular weight excluding hydrogens is 390 g/mol. The number of hydrogen-bond acceptors (Lipinski definition) is 7. The first kappa shape index (κ1) is 21.8. The summed E-state index contributed by atoms with van der Waals surface area (Å²) < 4.78 is 36.8. The Bertz CT molecular complexity index is 848. The summed E-state index contributed by atoms with van der Waals surface area (Å²) in [7, 11) is -3.77. The molecule has 0 spiro atoms. The number of aryl methyl sites for hydroxylation is 1. The normalized spacial score (nSPS) is 14.9. The Kier molecular flexibility index (Phi) is 7.49. The Morgan fingerprint density at radius 3 is 2.54 bits per heavy atom. The van der Waals surface area contributed by atoms with Gasteiger partial charge >= 0.3 is 12.0 Å². The summed E-state index contributed by atoms with van der Waals surface area (Å²) >= 11 is 0. The van der Waals surface area contributed by atoms with Gasteiger partial charge in [-0.05, 0) is 31.5 Å². The molecule has 1 fully saturated rings. The Labute approximate surface area is 163 Å². The standard InChI is InChI=1S/C17H23N3O7S/c1-3-18-17(23)19-15(21)11-27-16(22)14-10-13(5-4-12(14)2)28(24,25)20-6-8-26-9-7-20/h4-5,10H,3,6-9,11H2,1-2H3,(H2,18,19,21,23). The molecule has 1 saturated heterocycles. The van der Waals surface area contributed by atoms with E-state index in [0.29, 0.717) is 25.3 Å². The maximum atomic E-state index is 12.7. The van der Waals surface area contributed by atoms with Crippen molar-refractivity contribution in [1.82, 2.24) is 14.9 Å². The summed E-state index contributed by atoms with van der Waals surface area (Å²) in [6.45, 7) is 4.05. The molecule has 0 unspecified atom stereocenters. The monoisotopic (exact) mass is 413 g/mol. The number of imide groups is 1. The molecule has 0 radical (unpaired) electrons. The first-order chi connectivity index (χ1) is 13.3. The van der Waals surface area contributed by atoms with Crippen molar-refractivity contribution in [2.45, 2.75) is 18.7 Å². The van der Waals surface area contributed by atoms with Crippen molar-refractivity contribution in [3.05, 3.63) is 29.3 Å². The summed E-state index contributed by atoms with van der Waals surface area (Å²) in [6.07, 6.45) is 0. The zero-order valence-corrected chi connectivity index (χ0v) is 16.5. The first-order valence-corrected chi connectivity index (χ1v) is 10.1. The van der Waals surface area contributed by atoms with Gasteiger partial charge in [0.05, 0.1) is 23.7 Å². The fourth-order valence-corrected chi connectivity index (χ4v) is 3.93. The maximum absolute atomic E-state index is 12.7. The van der Waals surface area contributed by atoms with E-state index in [9.17, 15) is 22.8 Å². The molecule has 11 heteroatoms. The lowest BCUT2D eigenvalue weighted by Gasteiger charge is -2.26. The van der Waals surface area contributed by atoms with E-state index in [1.807, 2.05) is 5.32 Å². The van der Waals surface area contributed by atoms with Crippen molar-refractivity contribution in [3.8, 4) is 0 Å². The quantitative estimate of drug-likeness (QED) is 0.629. The van der Waals surface area contributed by atoms with E-state index in [0.717, 1.165) is 0 Å². The van der Waals surface area contributed by atoms with Crippen LogP contribution in [0.4, 0.5) is 4.79 Å². The third kappa shape index (κ3) is 5.50. The molecule has 1 aliphatic heterocycles. The third-order valence-corrected chi connectivity index (χ3v) is 5.86. The second-order valence-corrected chi connectivity index (χ2v) is 7.91. The number of carbonyl (C=O) groups is 3. The number of ether oxygens (including phenoxy) is 2. The van der Waals surface area contributed by atoms with Crippen molar-refractivity contribution in [2.24, 2.45) is 0 Å². The summed E-state index contributed by atoms with van der Waals surface area (Å²) in [5.74, 6) is -1.66. The molecule has 10 nitrogen and oxygen atoms in total.